The van der Waals surface area contributed by atoms with Crippen LogP contribution in [0.1, 0.15) is 5.56 Å². The minimum atomic E-state index is 0.196. The maximum atomic E-state index is 6.08. The lowest BCUT2D eigenvalue weighted by Crippen LogP contribution is -1.85. The number of aryl methyl sites for hydroxylation is 1. The highest BCUT2D eigenvalue weighted by atomic mass is 35.5. The summed E-state index contributed by atoms with van der Waals surface area (Å²) < 4.78 is 11.0. The Kier molecular flexibility index (Phi) is 2.68. The van der Waals surface area contributed by atoms with Crippen molar-refractivity contribution < 1.29 is 9.15 Å². The van der Waals surface area contributed by atoms with Gasteiger partial charge in [0, 0.05) is 0 Å². The van der Waals surface area contributed by atoms with Crippen molar-refractivity contribution in [1.82, 2.24) is 4.98 Å². The van der Waals surface area contributed by atoms with Crippen LogP contribution < -0.4 is 4.74 Å². The molecule has 0 spiro atoms. The topological polar surface area (TPSA) is 35.3 Å². The monoisotopic (exact) mass is 259 g/mol. The van der Waals surface area contributed by atoms with Gasteiger partial charge in [-0.05, 0) is 36.8 Å². The van der Waals surface area contributed by atoms with Gasteiger partial charge >= 0.3 is 6.08 Å². The third-order valence-electron chi connectivity index (χ3n) is 2.56. The number of hydrogen-bond acceptors (Lipinski definition) is 3. The Bertz CT molecular complexity index is 673. The van der Waals surface area contributed by atoms with E-state index in [0.29, 0.717) is 16.4 Å². The van der Waals surface area contributed by atoms with Gasteiger partial charge in [-0.25, -0.2) is 0 Å². The molecule has 0 saturated heterocycles. The Hall–Kier alpha value is -2.00. The summed E-state index contributed by atoms with van der Waals surface area (Å²) in [6, 6.07) is 13.0. The molecule has 90 valence electrons. The molecule has 0 fully saturated rings. The van der Waals surface area contributed by atoms with Crippen LogP contribution in [0.4, 0.5) is 0 Å². The first-order chi connectivity index (χ1) is 8.72. The molecule has 0 aliphatic heterocycles. The zero-order valence-electron chi connectivity index (χ0n) is 9.68. The molecular weight excluding hydrogens is 250 g/mol. The SMILES string of the molecule is Cc1ccc(Oc2nc3ccccc3o2)c(Cl)c1. The standard InChI is InChI=1S/C14H10ClNO2/c1-9-6-7-12(10(15)8-9)17-14-16-11-4-2-3-5-13(11)18-14/h2-8H,1H3. The third kappa shape index (κ3) is 2.05. The summed E-state index contributed by atoms with van der Waals surface area (Å²) in [5.74, 6) is 0.536. The molecule has 0 bridgehead atoms. The number of halogens is 1. The zero-order valence-corrected chi connectivity index (χ0v) is 10.4. The van der Waals surface area contributed by atoms with Crippen molar-refractivity contribution in [1.29, 1.82) is 0 Å². The summed E-state index contributed by atoms with van der Waals surface area (Å²) in [5, 5.41) is 0.539. The molecular formula is C14H10ClNO2. The van der Waals surface area contributed by atoms with E-state index in [0.717, 1.165) is 11.1 Å². The Labute approximate surface area is 109 Å². The van der Waals surface area contributed by atoms with Gasteiger partial charge in [-0.1, -0.05) is 29.8 Å². The van der Waals surface area contributed by atoms with Crippen molar-refractivity contribution in [3.63, 3.8) is 0 Å². The Balaban J connectivity index is 1.96. The number of nitrogens with zero attached hydrogens (tertiary/aromatic N) is 1. The average molecular weight is 260 g/mol. The number of oxazole rings is 1. The van der Waals surface area contributed by atoms with Crippen LogP contribution in [0.3, 0.4) is 0 Å². The van der Waals surface area contributed by atoms with E-state index >= 15 is 0 Å². The molecule has 1 aromatic heterocycles. The van der Waals surface area contributed by atoms with E-state index in [9.17, 15) is 0 Å². The number of rotatable bonds is 2. The summed E-state index contributed by atoms with van der Waals surface area (Å²) in [5.41, 5.74) is 2.52. The summed E-state index contributed by atoms with van der Waals surface area (Å²) in [7, 11) is 0. The average Bonchev–Trinajstić information content (AvgIpc) is 2.75. The number of hydrogen-bond donors (Lipinski definition) is 0. The molecule has 2 aromatic carbocycles. The van der Waals surface area contributed by atoms with E-state index in [4.69, 9.17) is 20.8 Å². The van der Waals surface area contributed by atoms with Crippen molar-refractivity contribution in [2.24, 2.45) is 0 Å². The highest BCUT2D eigenvalue weighted by Gasteiger charge is 2.09. The van der Waals surface area contributed by atoms with Gasteiger partial charge in [0.2, 0.25) is 0 Å². The van der Waals surface area contributed by atoms with Crippen LogP contribution in [0, 0.1) is 6.92 Å². The minimum Gasteiger partial charge on any atom is -0.409 e. The third-order valence-corrected chi connectivity index (χ3v) is 2.85. The van der Waals surface area contributed by atoms with Crippen LogP contribution >= 0.6 is 11.6 Å². The molecule has 0 saturated carbocycles. The predicted molar refractivity (Wildman–Crippen MR) is 70.3 cm³/mol. The molecule has 3 nitrogen and oxygen atoms in total. The second-order valence-corrected chi connectivity index (χ2v) is 4.39. The van der Waals surface area contributed by atoms with E-state index < -0.39 is 0 Å². The van der Waals surface area contributed by atoms with E-state index in [-0.39, 0.29) is 6.08 Å². The van der Waals surface area contributed by atoms with Crippen LogP contribution in [0.25, 0.3) is 11.1 Å². The lowest BCUT2D eigenvalue weighted by molar-refractivity contribution is 0.343. The number of para-hydroxylation sites is 2. The van der Waals surface area contributed by atoms with E-state index in [2.05, 4.69) is 4.98 Å². The lowest BCUT2D eigenvalue weighted by atomic mass is 10.2. The highest BCUT2D eigenvalue weighted by molar-refractivity contribution is 6.32. The summed E-state index contributed by atoms with van der Waals surface area (Å²) in [4.78, 5) is 4.22. The molecule has 0 aliphatic carbocycles. The summed E-state index contributed by atoms with van der Waals surface area (Å²) in [6.45, 7) is 1.97. The number of fused-ring (bicyclic) bond motifs is 1. The predicted octanol–water partition coefficient (Wildman–Crippen LogP) is 4.58. The first-order valence-electron chi connectivity index (χ1n) is 5.52. The van der Waals surface area contributed by atoms with Crippen LogP contribution in [0.2, 0.25) is 5.02 Å². The molecule has 3 rings (SSSR count). The van der Waals surface area contributed by atoms with E-state index in [1.807, 2.05) is 43.3 Å². The largest absolute Gasteiger partial charge is 0.409 e. The Morgan fingerprint density at radius 3 is 2.78 bits per heavy atom. The number of aromatic nitrogens is 1. The van der Waals surface area contributed by atoms with E-state index in [1.165, 1.54) is 0 Å². The van der Waals surface area contributed by atoms with Gasteiger partial charge in [0.15, 0.2) is 11.3 Å². The fourth-order valence-electron chi connectivity index (χ4n) is 1.68. The maximum absolute atomic E-state index is 6.08. The molecule has 1 heterocycles. The Morgan fingerprint density at radius 2 is 2.00 bits per heavy atom. The second-order valence-electron chi connectivity index (χ2n) is 3.98. The lowest BCUT2D eigenvalue weighted by Gasteiger charge is -2.03. The molecule has 3 aromatic rings. The van der Waals surface area contributed by atoms with Crippen LogP contribution in [0.5, 0.6) is 11.8 Å². The summed E-state index contributed by atoms with van der Waals surface area (Å²) in [6.07, 6.45) is 0.196. The fraction of sp³-hybridized carbons (Fsp3) is 0.0714. The van der Waals surface area contributed by atoms with Crippen molar-refractivity contribution in [2.75, 3.05) is 0 Å². The molecule has 0 amide bonds. The van der Waals surface area contributed by atoms with Gasteiger partial charge in [0.1, 0.15) is 5.52 Å². The van der Waals surface area contributed by atoms with Crippen molar-refractivity contribution >= 4 is 22.7 Å². The van der Waals surface area contributed by atoms with Gasteiger partial charge in [-0.2, -0.15) is 4.98 Å². The van der Waals surface area contributed by atoms with Gasteiger partial charge in [-0.15, -0.1) is 0 Å². The first-order valence-corrected chi connectivity index (χ1v) is 5.90. The van der Waals surface area contributed by atoms with Gasteiger partial charge in [0.25, 0.3) is 0 Å². The van der Waals surface area contributed by atoms with Gasteiger partial charge in [-0.3, -0.25) is 0 Å². The maximum Gasteiger partial charge on any atom is 0.400 e. The molecule has 0 unspecified atom stereocenters. The second kappa shape index (κ2) is 4.35. The minimum absolute atomic E-state index is 0.196. The highest BCUT2D eigenvalue weighted by Crippen LogP contribution is 2.31. The normalized spacial score (nSPS) is 10.8. The van der Waals surface area contributed by atoms with Crippen LogP contribution in [-0.4, -0.2) is 4.98 Å². The van der Waals surface area contributed by atoms with Gasteiger partial charge in [0.05, 0.1) is 5.02 Å². The molecule has 18 heavy (non-hydrogen) atoms. The van der Waals surface area contributed by atoms with Crippen molar-refractivity contribution in [2.45, 2.75) is 6.92 Å². The van der Waals surface area contributed by atoms with Crippen molar-refractivity contribution in [3.8, 4) is 11.8 Å². The molecule has 0 aliphatic rings. The number of ether oxygens (including phenoxy) is 1. The molecule has 0 atom stereocenters. The zero-order chi connectivity index (χ0) is 12.5. The summed E-state index contributed by atoms with van der Waals surface area (Å²) >= 11 is 6.08. The molecule has 0 radical (unpaired) electrons. The van der Waals surface area contributed by atoms with Crippen LogP contribution in [0.15, 0.2) is 46.9 Å². The molecule has 0 N–H and O–H groups in total. The van der Waals surface area contributed by atoms with Crippen molar-refractivity contribution in [3.05, 3.63) is 53.1 Å². The first kappa shape index (κ1) is 11.1. The quantitative estimate of drug-likeness (QED) is 0.676. The van der Waals surface area contributed by atoms with Gasteiger partial charge < -0.3 is 9.15 Å². The molecule has 4 heteroatoms. The fourth-order valence-corrected chi connectivity index (χ4v) is 1.95. The van der Waals surface area contributed by atoms with Crippen LogP contribution in [-0.2, 0) is 0 Å². The van der Waals surface area contributed by atoms with E-state index in [1.54, 1.807) is 6.07 Å². The smallest absolute Gasteiger partial charge is 0.400 e. The Morgan fingerprint density at radius 1 is 1.17 bits per heavy atom. The number of benzene rings is 2.